The summed E-state index contributed by atoms with van der Waals surface area (Å²) in [5, 5.41) is 12.0. The van der Waals surface area contributed by atoms with Gasteiger partial charge in [-0.3, -0.25) is 0 Å². The number of nitrogens with one attached hydrogen (secondary N) is 1. The summed E-state index contributed by atoms with van der Waals surface area (Å²) in [5.41, 5.74) is 2.80. The summed E-state index contributed by atoms with van der Waals surface area (Å²) in [4.78, 5) is 0. The molecule has 1 aromatic carbocycles. The Hall–Kier alpha value is -1.72. The van der Waals surface area contributed by atoms with Crippen molar-refractivity contribution >= 4 is 11.3 Å². The molecule has 0 aliphatic heterocycles. The predicted molar refractivity (Wildman–Crippen MR) is 80.6 cm³/mol. The first-order valence-electron chi connectivity index (χ1n) is 6.51. The van der Waals surface area contributed by atoms with Crippen LogP contribution in [-0.4, -0.2) is 45.7 Å². The number of hydrogen-bond acceptors (Lipinski definition) is 5. The molecule has 1 aromatic rings. The van der Waals surface area contributed by atoms with Crippen LogP contribution in [0.15, 0.2) is 18.7 Å². The number of benzene rings is 1. The van der Waals surface area contributed by atoms with Crippen LogP contribution in [-0.2, 0) is 4.74 Å². The van der Waals surface area contributed by atoms with E-state index in [1.54, 1.807) is 7.11 Å². The van der Waals surface area contributed by atoms with Crippen LogP contribution >= 0.6 is 0 Å². The van der Waals surface area contributed by atoms with E-state index in [2.05, 4.69) is 11.9 Å². The molecule has 0 bridgehead atoms. The van der Waals surface area contributed by atoms with Crippen molar-refractivity contribution in [3.05, 3.63) is 24.3 Å². The van der Waals surface area contributed by atoms with Crippen molar-refractivity contribution in [3.63, 3.8) is 0 Å². The SMILES string of the molecule is C=C(C)c1cc(OCCO)c(OCCOC)cc1NC. The minimum absolute atomic E-state index is 0.0479. The maximum absolute atomic E-state index is 8.90. The third-order valence-electron chi connectivity index (χ3n) is 2.71. The van der Waals surface area contributed by atoms with Crippen LogP contribution in [0, 0.1) is 0 Å². The Morgan fingerprint density at radius 1 is 1.20 bits per heavy atom. The highest BCUT2D eigenvalue weighted by Crippen LogP contribution is 2.36. The normalized spacial score (nSPS) is 10.2. The van der Waals surface area contributed by atoms with Gasteiger partial charge in [-0.15, -0.1) is 0 Å². The highest BCUT2D eigenvalue weighted by molar-refractivity contribution is 5.77. The first kappa shape index (κ1) is 16.3. The van der Waals surface area contributed by atoms with Gasteiger partial charge >= 0.3 is 0 Å². The van der Waals surface area contributed by atoms with E-state index >= 15 is 0 Å². The number of aliphatic hydroxyl groups excluding tert-OH is 1. The first-order chi connectivity index (χ1) is 9.63. The van der Waals surface area contributed by atoms with Crippen LogP contribution in [0.2, 0.25) is 0 Å². The molecule has 0 heterocycles. The van der Waals surface area contributed by atoms with Crippen LogP contribution in [0.5, 0.6) is 11.5 Å². The highest BCUT2D eigenvalue weighted by Gasteiger charge is 2.12. The van der Waals surface area contributed by atoms with Crippen LogP contribution in [0.1, 0.15) is 12.5 Å². The number of methoxy groups -OCH3 is 1. The fourth-order valence-corrected chi connectivity index (χ4v) is 1.74. The molecule has 0 aliphatic carbocycles. The van der Waals surface area contributed by atoms with Gasteiger partial charge in [0, 0.05) is 31.5 Å². The van der Waals surface area contributed by atoms with Crippen molar-refractivity contribution < 1.29 is 19.3 Å². The minimum atomic E-state index is -0.0479. The van der Waals surface area contributed by atoms with Crippen LogP contribution in [0.4, 0.5) is 5.69 Å². The maximum Gasteiger partial charge on any atom is 0.163 e. The quantitative estimate of drug-likeness (QED) is 0.679. The third-order valence-corrected chi connectivity index (χ3v) is 2.71. The van der Waals surface area contributed by atoms with Gasteiger partial charge in [-0.25, -0.2) is 0 Å². The zero-order valence-corrected chi connectivity index (χ0v) is 12.4. The van der Waals surface area contributed by atoms with Crippen LogP contribution in [0.25, 0.3) is 5.57 Å². The van der Waals surface area contributed by atoms with Gasteiger partial charge < -0.3 is 24.6 Å². The molecule has 5 nitrogen and oxygen atoms in total. The van der Waals surface area contributed by atoms with E-state index in [9.17, 15) is 0 Å². The van der Waals surface area contributed by atoms with Gasteiger partial charge in [-0.1, -0.05) is 6.58 Å². The molecule has 1 rings (SSSR count). The van der Waals surface area contributed by atoms with E-state index in [-0.39, 0.29) is 13.2 Å². The summed E-state index contributed by atoms with van der Waals surface area (Å²) in [6, 6.07) is 3.73. The highest BCUT2D eigenvalue weighted by atomic mass is 16.5. The van der Waals surface area contributed by atoms with Crippen molar-refractivity contribution in [3.8, 4) is 11.5 Å². The van der Waals surface area contributed by atoms with Gasteiger partial charge in [0.25, 0.3) is 0 Å². The molecular weight excluding hydrogens is 258 g/mol. The Balaban J connectivity index is 3.06. The lowest BCUT2D eigenvalue weighted by atomic mass is 10.1. The second kappa shape index (κ2) is 8.45. The standard InChI is InChI=1S/C15H23NO4/c1-11(2)12-9-14(19-6-5-17)15(10-13(12)16-3)20-8-7-18-4/h9-10,16-17H,1,5-8H2,2-4H3. The number of allylic oxidation sites excluding steroid dienone is 1. The lowest BCUT2D eigenvalue weighted by molar-refractivity contribution is 0.141. The smallest absolute Gasteiger partial charge is 0.163 e. The molecule has 0 aliphatic rings. The summed E-state index contributed by atoms with van der Waals surface area (Å²) in [6.07, 6.45) is 0. The summed E-state index contributed by atoms with van der Waals surface area (Å²) < 4.78 is 16.1. The van der Waals surface area contributed by atoms with Crippen LogP contribution in [0.3, 0.4) is 0 Å². The van der Waals surface area contributed by atoms with Crippen molar-refractivity contribution in [2.45, 2.75) is 6.92 Å². The average Bonchev–Trinajstić information content (AvgIpc) is 2.45. The summed E-state index contributed by atoms with van der Waals surface area (Å²) in [7, 11) is 3.46. The largest absolute Gasteiger partial charge is 0.487 e. The van der Waals surface area contributed by atoms with E-state index < -0.39 is 0 Å². The molecular formula is C15H23NO4. The summed E-state index contributed by atoms with van der Waals surface area (Å²) >= 11 is 0. The van der Waals surface area contributed by atoms with Gasteiger partial charge in [-0.05, 0) is 18.6 Å². The van der Waals surface area contributed by atoms with E-state index in [0.29, 0.717) is 24.7 Å². The number of aliphatic hydroxyl groups is 1. The van der Waals surface area contributed by atoms with Gasteiger partial charge in [0.05, 0.1) is 13.2 Å². The molecule has 5 heteroatoms. The average molecular weight is 281 g/mol. The molecule has 0 amide bonds. The zero-order valence-electron chi connectivity index (χ0n) is 12.4. The molecule has 2 N–H and O–H groups in total. The first-order valence-corrected chi connectivity index (χ1v) is 6.51. The Bertz CT molecular complexity index is 446. The molecule has 0 radical (unpaired) electrons. The Labute approximate surface area is 120 Å². The molecule has 0 unspecified atom stereocenters. The number of hydrogen-bond donors (Lipinski definition) is 2. The fraction of sp³-hybridized carbons (Fsp3) is 0.467. The van der Waals surface area contributed by atoms with Crippen molar-refractivity contribution in [2.75, 3.05) is 45.9 Å². The van der Waals surface area contributed by atoms with Gasteiger partial charge in [0.15, 0.2) is 11.5 Å². The lowest BCUT2D eigenvalue weighted by Crippen LogP contribution is -2.09. The second-order valence-electron chi connectivity index (χ2n) is 4.29. The molecule has 0 spiro atoms. The molecule has 0 saturated heterocycles. The molecule has 0 atom stereocenters. The number of rotatable bonds is 9. The minimum Gasteiger partial charge on any atom is -0.487 e. The molecule has 112 valence electrons. The fourth-order valence-electron chi connectivity index (χ4n) is 1.74. The van der Waals surface area contributed by atoms with Gasteiger partial charge in [0.2, 0.25) is 0 Å². The predicted octanol–water partition coefficient (Wildman–Crippen LogP) is 2.16. The van der Waals surface area contributed by atoms with Crippen LogP contribution < -0.4 is 14.8 Å². The monoisotopic (exact) mass is 281 g/mol. The molecule has 0 fully saturated rings. The topological polar surface area (TPSA) is 60.0 Å². The van der Waals surface area contributed by atoms with Crippen molar-refractivity contribution in [1.29, 1.82) is 0 Å². The van der Waals surface area contributed by atoms with E-state index in [1.807, 2.05) is 26.1 Å². The second-order valence-corrected chi connectivity index (χ2v) is 4.29. The van der Waals surface area contributed by atoms with Gasteiger partial charge in [0.1, 0.15) is 13.2 Å². The van der Waals surface area contributed by atoms with Crippen molar-refractivity contribution in [2.24, 2.45) is 0 Å². The molecule has 0 saturated carbocycles. The Kier molecular flexibility index (Phi) is 6.90. The number of anilines is 1. The Morgan fingerprint density at radius 2 is 1.85 bits per heavy atom. The summed E-state index contributed by atoms with van der Waals surface area (Å²) in [5.74, 6) is 1.21. The Morgan fingerprint density at radius 3 is 2.40 bits per heavy atom. The maximum atomic E-state index is 8.90. The van der Waals surface area contributed by atoms with Gasteiger partial charge in [-0.2, -0.15) is 0 Å². The molecule has 0 aromatic heterocycles. The third kappa shape index (κ3) is 4.43. The van der Waals surface area contributed by atoms with E-state index in [4.69, 9.17) is 19.3 Å². The molecule has 20 heavy (non-hydrogen) atoms. The van der Waals surface area contributed by atoms with E-state index in [1.165, 1.54) is 0 Å². The van der Waals surface area contributed by atoms with E-state index in [0.717, 1.165) is 16.8 Å². The van der Waals surface area contributed by atoms with Crippen molar-refractivity contribution in [1.82, 2.24) is 0 Å². The summed E-state index contributed by atoms with van der Waals surface area (Å²) in [6.45, 7) is 6.98. The zero-order chi connectivity index (χ0) is 15.0. The number of ether oxygens (including phenoxy) is 3. The lowest BCUT2D eigenvalue weighted by Gasteiger charge is -2.17.